The van der Waals surface area contributed by atoms with Crippen molar-refractivity contribution in [3.63, 3.8) is 0 Å². The first kappa shape index (κ1) is 25.2. The van der Waals surface area contributed by atoms with Gasteiger partial charge < -0.3 is 20.0 Å². The van der Waals surface area contributed by atoms with Crippen molar-refractivity contribution in [3.8, 4) is 6.07 Å². The second-order valence-corrected chi connectivity index (χ2v) is 10.1. The van der Waals surface area contributed by atoms with E-state index in [0.717, 1.165) is 38.9 Å². The van der Waals surface area contributed by atoms with E-state index < -0.39 is 17.3 Å². The summed E-state index contributed by atoms with van der Waals surface area (Å²) in [5, 5.41) is 17.1. The molecule has 0 radical (unpaired) electrons. The highest BCUT2D eigenvalue weighted by Gasteiger charge is 2.38. The summed E-state index contributed by atoms with van der Waals surface area (Å²) in [6, 6.07) is 9.03. The van der Waals surface area contributed by atoms with E-state index in [2.05, 4.69) is 33.5 Å². The van der Waals surface area contributed by atoms with Gasteiger partial charge in [-0.2, -0.15) is 10.2 Å². The number of rotatable bonds is 8. The predicted molar refractivity (Wildman–Crippen MR) is 136 cm³/mol. The van der Waals surface area contributed by atoms with E-state index in [1.807, 2.05) is 12.1 Å². The molecule has 1 saturated carbocycles. The molecule has 4 rings (SSSR count). The zero-order valence-electron chi connectivity index (χ0n) is 20.7. The number of nitrogens with zero attached hydrogens (tertiary/aromatic N) is 3. The number of nitrogens with one attached hydrogen (secondary N) is 2. The molecule has 2 fully saturated rings. The molecule has 0 bridgehead atoms. The average molecular weight is 480 g/mol. The van der Waals surface area contributed by atoms with Gasteiger partial charge in [-0.05, 0) is 50.3 Å². The third kappa shape index (κ3) is 6.40. The standard InChI is InChI=1S/C27H37N5O3/c1-2-15-32-16-13-27(19-28,14-17-32)31-25(33)22(18-20-9-5-3-4-6-10-20)29-24-21-11-7-8-12-23(21)35-26(34)30-24/h7-8,11-12,20,22H,2-6,9-10,13-18H2,1H3,(H,31,33)(H,29,30,34)/t22-/m0/s1. The quantitative estimate of drug-likeness (QED) is 0.546. The number of carbonyl (C=O) groups excluding carboxylic acids is 1. The van der Waals surface area contributed by atoms with Gasteiger partial charge in [0, 0.05) is 13.1 Å². The van der Waals surface area contributed by atoms with Crippen LogP contribution in [-0.4, -0.2) is 47.0 Å². The van der Waals surface area contributed by atoms with Crippen LogP contribution in [0.4, 0.5) is 5.82 Å². The zero-order valence-corrected chi connectivity index (χ0v) is 20.7. The Morgan fingerprint density at radius 3 is 2.63 bits per heavy atom. The fourth-order valence-electron chi connectivity index (χ4n) is 5.52. The molecule has 0 unspecified atom stereocenters. The minimum Gasteiger partial charge on any atom is -0.408 e. The third-order valence-corrected chi connectivity index (χ3v) is 7.54. The Bertz CT molecular complexity index is 1090. The molecule has 1 saturated heterocycles. The molecule has 188 valence electrons. The number of carbonyl (C=O) groups is 1. The first-order chi connectivity index (χ1) is 17.0. The normalized spacial score (nSPS) is 20.0. The van der Waals surface area contributed by atoms with Gasteiger partial charge in [0.2, 0.25) is 5.91 Å². The average Bonchev–Trinajstić information content (AvgIpc) is 3.13. The fourth-order valence-corrected chi connectivity index (χ4v) is 5.52. The van der Waals surface area contributed by atoms with Gasteiger partial charge in [0.1, 0.15) is 23.0 Å². The number of anilines is 1. The highest BCUT2D eigenvalue weighted by Crippen LogP contribution is 2.29. The summed E-state index contributed by atoms with van der Waals surface area (Å²) in [5.41, 5.74) is -0.434. The molecule has 8 heteroatoms. The van der Waals surface area contributed by atoms with E-state index in [0.29, 0.717) is 42.0 Å². The Kier molecular flexibility index (Phi) is 8.40. The summed E-state index contributed by atoms with van der Waals surface area (Å²) in [5.74, 6) is -0.124. The van der Waals surface area contributed by atoms with Gasteiger partial charge >= 0.3 is 5.76 Å². The Labute approximate surface area is 207 Å². The first-order valence-electron chi connectivity index (χ1n) is 13.1. The molecule has 2 N–H and O–H groups in total. The van der Waals surface area contributed by atoms with Crippen LogP contribution < -0.4 is 16.4 Å². The maximum Gasteiger partial charge on any atom is 0.441 e. The predicted octanol–water partition coefficient (Wildman–Crippen LogP) is 4.21. The van der Waals surface area contributed by atoms with Crippen LogP contribution in [-0.2, 0) is 4.79 Å². The van der Waals surface area contributed by atoms with Gasteiger partial charge in [0.25, 0.3) is 0 Å². The topological polar surface area (TPSA) is 111 Å². The largest absolute Gasteiger partial charge is 0.441 e. The summed E-state index contributed by atoms with van der Waals surface area (Å²) in [6.07, 6.45) is 9.93. The van der Waals surface area contributed by atoms with Crippen molar-refractivity contribution in [1.29, 1.82) is 5.26 Å². The van der Waals surface area contributed by atoms with Gasteiger partial charge in [0.05, 0.1) is 11.5 Å². The number of aromatic nitrogens is 1. The lowest BCUT2D eigenvalue weighted by molar-refractivity contribution is -0.124. The van der Waals surface area contributed by atoms with Crippen LogP contribution in [0.25, 0.3) is 11.0 Å². The van der Waals surface area contributed by atoms with Crippen LogP contribution in [0.5, 0.6) is 0 Å². The molecule has 0 spiro atoms. The molecule has 1 aromatic heterocycles. The summed E-state index contributed by atoms with van der Waals surface area (Å²) in [4.78, 5) is 32.2. The van der Waals surface area contributed by atoms with Crippen LogP contribution in [0, 0.1) is 17.2 Å². The highest BCUT2D eigenvalue weighted by atomic mass is 16.4. The molecular weight excluding hydrogens is 442 g/mol. The van der Waals surface area contributed by atoms with Gasteiger partial charge in [0.15, 0.2) is 0 Å². The number of para-hydroxylation sites is 1. The number of piperidine rings is 1. The van der Waals surface area contributed by atoms with Gasteiger partial charge in [-0.3, -0.25) is 4.79 Å². The number of likely N-dealkylation sites (tertiary alicyclic amines) is 1. The Hall–Kier alpha value is -2.92. The first-order valence-corrected chi connectivity index (χ1v) is 13.1. The van der Waals surface area contributed by atoms with E-state index in [4.69, 9.17) is 4.42 Å². The molecular formula is C27H37N5O3. The van der Waals surface area contributed by atoms with Crippen molar-refractivity contribution in [1.82, 2.24) is 15.2 Å². The third-order valence-electron chi connectivity index (χ3n) is 7.54. The lowest BCUT2D eigenvalue weighted by atomic mass is 9.87. The van der Waals surface area contributed by atoms with Crippen LogP contribution in [0.15, 0.2) is 33.5 Å². The summed E-state index contributed by atoms with van der Waals surface area (Å²) in [7, 11) is 0. The Morgan fingerprint density at radius 1 is 1.23 bits per heavy atom. The van der Waals surface area contributed by atoms with Crippen LogP contribution in [0.3, 0.4) is 0 Å². The maximum atomic E-state index is 13.7. The second kappa shape index (κ2) is 11.7. The number of fused-ring (bicyclic) bond motifs is 1. The van der Waals surface area contributed by atoms with E-state index in [-0.39, 0.29) is 5.91 Å². The SMILES string of the molecule is CCCN1CCC(C#N)(NC(=O)[C@H](CC2CCCCCC2)Nc2nc(=O)oc3ccccc23)CC1. The van der Waals surface area contributed by atoms with Gasteiger partial charge in [-0.25, -0.2) is 4.79 Å². The van der Waals surface area contributed by atoms with E-state index in [9.17, 15) is 14.9 Å². The zero-order chi connectivity index (χ0) is 24.7. The number of amides is 1. The molecule has 1 atom stereocenters. The number of nitriles is 1. The fraction of sp³-hybridized carbons (Fsp3) is 0.630. The molecule has 2 heterocycles. The molecule has 1 amide bonds. The molecule has 1 aliphatic heterocycles. The summed E-state index contributed by atoms with van der Waals surface area (Å²) < 4.78 is 5.24. The molecule has 1 aromatic carbocycles. The molecule has 35 heavy (non-hydrogen) atoms. The molecule has 2 aliphatic rings. The minimum absolute atomic E-state index is 0.195. The van der Waals surface area contributed by atoms with Gasteiger partial charge in [-0.15, -0.1) is 0 Å². The van der Waals surface area contributed by atoms with E-state index in [1.54, 1.807) is 12.1 Å². The Balaban J connectivity index is 1.56. The monoisotopic (exact) mass is 479 g/mol. The maximum absolute atomic E-state index is 13.7. The second-order valence-electron chi connectivity index (χ2n) is 10.1. The number of benzene rings is 1. The van der Waals surface area contributed by atoms with Crippen LogP contribution >= 0.6 is 0 Å². The smallest absolute Gasteiger partial charge is 0.408 e. The lowest BCUT2D eigenvalue weighted by Gasteiger charge is -2.38. The Morgan fingerprint density at radius 2 is 1.94 bits per heavy atom. The summed E-state index contributed by atoms with van der Waals surface area (Å²) >= 11 is 0. The molecule has 2 aromatic rings. The highest BCUT2D eigenvalue weighted by molar-refractivity contribution is 5.91. The van der Waals surface area contributed by atoms with E-state index in [1.165, 1.54) is 25.7 Å². The lowest BCUT2D eigenvalue weighted by Crippen LogP contribution is -2.57. The molecule has 8 nitrogen and oxygen atoms in total. The van der Waals surface area contributed by atoms with Crippen molar-refractivity contribution in [2.24, 2.45) is 5.92 Å². The molecule has 1 aliphatic carbocycles. The minimum atomic E-state index is -0.865. The van der Waals surface area contributed by atoms with Crippen LogP contribution in [0.2, 0.25) is 0 Å². The van der Waals surface area contributed by atoms with Crippen molar-refractivity contribution in [2.75, 3.05) is 25.0 Å². The number of hydrogen-bond acceptors (Lipinski definition) is 7. The van der Waals surface area contributed by atoms with Gasteiger partial charge in [-0.1, -0.05) is 57.6 Å². The van der Waals surface area contributed by atoms with Crippen molar-refractivity contribution in [3.05, 3.63) is 34.8 Å². The van der Waals surface area contributed by atoms with Crippen molar-refractivity contribution in [2.45, 2.75) is 82.7 Å². The van der Waals surface area contributed by atoms with Crippen molar-refractivity contribution >= 4 is 22.7 Å². The summed E-state index contributed by atoms with van der Waals surface area (Å²) in [6.45, 7) is 4.76. The van der Waals surface area contributed by atoms with Crippen molar-refractivity contribution < 1.29 is 9.21 Å². The van der Waals surface area contributed by atoms with Crippen LogP contribution in [0.1, 0.15) is 71.1 Å². The van der Waals surface area contributed by atoms with E-state index >= 15 is 0 Å². The number of hydrogen-bond donors (Lipinski definition) is 2.